The van der Waals surface area contributed by atoms with E-state index in [-0.39, 0.29) is 11.5 Å². The van der Waals surface area contributed by atoms with Gasteiger partial charge in [-0.2, -0.15) is 9.97 Å². The fourth-order valence-electron chi connectivity index (χ4n) is 2.40. The Morgan fingerprint density at radius 2 is 2.00 bits per heavy atom. The van der Waals surface area contributed by atoms with Crippen LogP contribution in [0.5, 0.6) is 0 Å². The molecule has 0 radical (unpaired) electrons. The van der Waals surface area contributed by atoms with Gasteiger partial charge in [0.05, 0.1) is 0 Å². The highest BCUT2D eigenvalue weighted by atomic mass is 35.5. The zero-order valence-corrected chi connectivity index (χ0v) is 12.8. The minimum absolute atomic E-state index is 0.137. The molecule has 1 atom stereocenters. The van der Waals surface area contributed by atoms with E-state index in [2.05, 4.69) is 15.0 Å². The second-order valence-corrected chi connectivity index (χ2v) is 5.63. The number of halogens is 2. The van der Waals surface area contributed by atoms with Crippen molar-refractivity contribution in [3.05, 3.63) is 10.6 Å². The van der Waals surface area contributed by atoms with Gasteiger partial charge in [0, 0.05) is 20.7 Å². The Bertz CT molecular complexity index is 636. The molecule has 0 N–H and O–H groups in total. The van der Waals surface area contributed by atoms with Crippen LogP contribution in [0.25, 0.3) is 11.2 Å². The first-order valence-electron chi connectivity index (χ1n) is 6.48. The van der Waals surface area contributed by atoms with Gasteiger partial charge in [0.15, 0.2) is 17.0 Å². The highest BCUT2D eigenvalue weighted by molar-refractivity contribution is 6.30. The van der Waals surface area contributed by atoms with Crippen LogP contribution >= 0.6 is 23.2 Å². The van der Waals surface area contributed by atoms with E-state index in [0.717, 1.165) is 25.9 Å². The molecule has 0 aliphatic carbocycles. The Kier molecular flexibility index (Phi) is 3.70. The Hall–Kier alpha value is -1.11. The van der Waals surface area contributed by atoms with Crippen LogP contribution in [0.15, 0.2) is 0 Å². The number of ether oxygens (including phenoxy) is 1. The predicted octanol–water partition coefficient (Wildman–Crippen LogP) is 2.90. The molecule has 20 heavy (non-hydrogen) atoms. The van der Waals surface area contributed by atoms with Gasteiger partial charge in [0.25, 0.3) is 0 Å². The lowest BCUT2D eigenvalue weighted by atomic mass is 10.2. The number of nitrogens with zero attached hydrogens (tertiary/aromatic N) is 5. The van der Waals surface area contributed by atoms with Gasteiger partial charge in [0.1, 0.15) is 6.23 Å². The molecule has 1 fully saturated rings. The van der Waals surface area contributed by atoms with Gasteiger partial charge >= 0.3 is 0 Å². The van der Waals surface area contributed by atoms with Crippen molar-refractivity contribution in [3.63, 3.8) is 0 Å². The number of aromatic nitrogens is 4. The van der Waals surface area contributed by atoms with Crippen molar-refractivity contribution in [1.82, 2.24) is 19.5 Å². The summed E-state index contributed by atoms with van der Waals surface area (Å²) >= 11 is 12.3. The first-order valence-corrected chi connectivity index (χ1v) is 7.23. The number of anilines is 1. The minimum Gasteiger partial charge on any atom is -0.361 e. The maximum atomic E-state index is 6.27. The largest absolute Gasteiger partial charge is 0.361 e. The lowest BCUT2D eigenvalue weighted by molar-refractivity contribution is -0.0296. The molecule has 8 heteroatoms. The molecule has 2 aromatic rings. The summed E-state index contributed by atoms with van der Waals surface area (Å²) < 4.78 is 7.58. The smallest absolute Gasteiger partial charge is 0.226 e. The van der Waals surface area contributed by atoms with E-state index in [1.165, 1.54) is 0 Å². The third-order valence-corrected chi connectivity index (χ3v) is 3.75. The number of hydrogen-bond donors (Lipinski definition) is 0. The number of fused-ring (bicyclic) bond motifs is 1. The van der Waals surface area contributed by atoms with E-state index in [4.69, 9.17) is 27.9 Å². The van der Waals surface area contributed by atoms with Gasteiger partial charge in [-0.15, -0.1) is 0 Å². The molecular formula is C12H15Cl2N5O. The van der Waals surface area contributed by atoms with Crippen molar-refractivity contribution >= 4 is 40.2 Å². The average molecular weight is 316 g/mol. The van der Waals surface area contributed by atoms with Crippen LogP contribution in [-0.2, 0) is 4.74 Å². The van der Waals surface area contributed by atoms with Crippen molar-refractivity contribution in [3.8, 4) is 0 Å². The van der Waals surface area contributed by atoms with Crippen LogP contribution < -0.4 is 4.90 Å². The molecule has 0 saturated carbocycles. The van der Waals surface area contributed by atoms with Crippen molar-refractivity contribution in [2.45, 2.75) is 25.5 Å². The Morgan fingerprint density at radius 3 is 2.65 bits per heavy atom. The van der Waals surface area contributed by atoms with Gasteiger partial charge in [-0.25, -0.2) is 4.98 Å². The summed E-state index contributed by atoms with van der Waals surface area (Å²) in [5.74, 6) is 0.649. The van der Waals surface area contributed by atoms with Gasteiger partial charge in [-0.1, -0.05) is 0 Å². The number of imidazole rings is 1. The second-order valence-electron chi connectivity index (χ2n) is 4.95. The fraction of sp³-hybridized carbons (Fsp3) is 0.583. The summed E-state index contributed by atoms with van der Waals surface area (Å²) in [5.41, 5.74) is 1.25. The fourth-order valence-corrected chi connectivity index (χ4v) is 2.84. The highest BCUT2D eigenvalue weighted by Crippen LogP contribution is 2.33. The zero-order chi connectivity index (χ0) is 14.3. The Labute approximate surface area is 126 Å². The van der Waals surface area contributed by atoms with Crippen molar-refractivity contribution in [1.29, 1.82) is 0 Å². The van der Waals surface area contributed by atoms with Gasteiger partial charge in [-0.3, -0.25) is 4.57 Å². The second kappa shape index (κ2) is 5.35. The third kappa shape index (κ3) is 2.32. The van der Waals surface area contributed by atoms with Crippen LogP contribution in [0, 0.1) is 0 Å². The SMILES string of the molecule is CN(C)c1nc(Cl)nc2c1nc(Cl)n2[C@@H]1CCCCO1. The van der Waals surface area contributed by atoms with E-state index >= 15 is 0 Å². The molecule has 6 nitrogen and oxygen atoms in total. The maximum absolute atomic E-state index is 6.27. The summed E-state index contributed by atoms with van der Waals surface area (Å²) in [6, 6.07) is 0. The lowest BCUT2D eigenvalue weighted by Crippen LogP contribution is -2.19. The molecule has 1 saturated heterocycles. The topological polar surface area (TPSA) is 56.1 Å². The third-order valence-electron chi connectivity index (χ3n) is 3.32. The van der Waals surface area contributed by atoms with E-state index in [0.29, 0.717) is 22.3 Å². The normalized spacial score (nSPS) is 19.5. The molecular weight excluding hydrogens is 301 g/mol. The van der Waals surface area contributed by atoms with E-state index < -0.39 is 0 Å². The standard InChI is InChI=1S/C12H15Cl2N5O/c1-18(2)9-8-10(17-11(13)16-9)19(12(14)15-8)7-5-3-4-6-20-7/h7H,3-6H2,1-2H3/t7-/m0/s1. The summed E-state index contributed by atoms with van der Waals surface area (Å²) in [6.45, 7) is 0.722. The molecule has 2 aromatic heterocycles. The number of hydrogen-bond acceptors (Lipinski definition) is 5. The van der Waals surface area contributed by atoms with Crippen LogP contribution in [-0.4, -0.2) is 40.2 Å². The zero-order valence-electron chi connectivity index (χ0n) is 11.3. The molecule has 0 bridgehead atoms. The summed E-state index contributed by atoms with van der Waals surface area (Å²) in [5, 5.41) is 0.529. The molecule has 1 aliphatic rings. The van der Waals surface area contributed by atoms with Gasteiger partial charge in [0.2, 0.25) is 10.6 Å². The van der Waals surface area contributed by atoms with Crippen LogP contribution in [0.4, 0.5) is 5.82 Å². The van der Waals surface area contributed by atoms with Crippen LogP contribution in [0.3, 0.4) is 0 Å². The van der Waals surface area contributed by atoms with Crippen molar-refractivity contribution in [2.75, 3.05) is 25.6 Å². The van der Waals surface area contributed by atoms with E-state index in [1.807, 2.05) is 19.0 Å². The van der Waals surface area contributed by atoms with E-state index in [9.17, 15) is 0 Å². The van der Waals surface area contributed by atoms with Gasteiger partial charge in [-0.05, 0) is 42.5 Å². The van der Waals surface area contributed by atoms with Crippen LogP contribution in [0.1, 0.15) is 25.5 Å². The van der Waals surface area contributed by atoms with Crippen molar-refractivity contribution in [2.24, 2.45) is 0 Å². The predicted molar refractivity (Wildman–Crippen MR) is 78.5 cm³/mol. The molecule has 0 unspecified atom stereocenters. The molecule has 1 aliphatic heterocycles. The lowest BCUT2D eigenvalue weighted by Gasteiger charge is -2.24. The first-order chi connectivity index (χ1) is 9.58. The molecule has 0 amide bonds. The number of rotatable bonds is 2. The van der Waals surface area contributed by atoms with Gasteiger partial charge < -0.3 is 9.64 Å². The molecule has 0 spiro atoms. The summed E-state index contributed by atoms with van der Waals surface area (Å²) in [6.07, 6.45) is 2.92. The summed E-state index contributed by atoms with van der Waals surface area (Å²) in [7, 11) is 3.75. The highest BCUT2D eigenvalue weighted by Gasteiger charge is 2.24. The van der Waals surface area contributed by atoms with Crippen molar-refractivity contribution < 1.29 is 4.74 Å². The monoisotopic (exact) mass is 315 g/mol. The van der Waals surface area contributed by atoms with Crippen LogP contribution in [0.2, 0.25) is 10.6 Å². The minimum atomic E-state index is -0.137. The molecule has 0 aromatic carbocycles. The quantitative estimate of drug-likeness (QED) is 0.630. The molecule has 108 valence electrons. The van der Waals surface area contributed by atoms with E-state index in [1.54, 1.807) is 4.57 Å². The Morgan fingerprint density at radius 1 is 1.20 bits per heavy atom. The first kappa shape index (κ1) is 13.9. The maximum Gasteiger partial charge on any atom is 0.226 e. The Balaban J connectivity index is 2.19. The summed E-state index contributed by atoms with van der Waals surface area (Å²) in [4.78, 5) is 14.7. The average Bonchev–Trinajstić information content (AvgIpc) is 2.74. The molecule has 3 heterocycles. The molecule has 3 rings (SSSR count).